The van der Waals surface area contributed by atoms with E-state index in [0.717, 1.165) is 12.2 Å². The molecular formula is C15H26N4O. The summed E-state index contributed by atoms with van der Waals surface area (Å²) < 4.78 is 0. The number of carbonyl (C=O) groups is 1. The third-order valence-corrected chi connectivity index (χ3v) is 3.12. The summed E-state index contributed by atoms with van der Waals surface area (Å²) in [6.07, 6.45) is 6.19. The average molecular weight is 278 g/mol. The lowest BCUT2D eigenvalue weighted by Crippen LogP contribution is -2.24. The fourth-order valence-corrected chi connectivity index (χ4v) is 1.98. The Morgan fingerprint density at radius 1 is 1.20 bits per heavy atom. The molecule has 1 aromatic heterocycles. The van der Waals surface area contributed by atoms with Gasteiger partial charge in [0, 0.05) is 12.6 Å². The number of aromatic nitrogens is 2. The molecule has 0 spiro atoms. The molecule has 0 bridgehead atoms. The molecule has 112 valence electrons. The van der Waals surface area contributed by atoms with E-state index in [-0.39, 0.29) is 5.91 Å². The van der Waals surface area contributed by atoms with Crippen molar-refractivity contribution in [2.24, 2.45) is 0 Å². The minimum absolute atomic E-state index is 0.181. The topological polar surface area (TPSA) is 66.9 Å². The van der Waals surface area contributed by atoms with Gasteiger partial charge in [-0.3, -0.25) is 4.79 Å². The Morgan fingerprint density at radius 3 is 2.60 bits per heavy atom. The van der Waals surface area contributed by atoms with Gasteiger partial charge < -0.3 is 10.6 Å². The molecule has 0 saturated heterocycles. The van der Waals surface area contributed by atoms with E-state index in [2.05, 4.69) is 34.7 Å². The summed E-state index contributed by atoms with van der Waals surface area (Å²) in [5, 5.41) is 14.0. The van der Waals surface area contributed by atoms with Crippen molar-refractivity contribution >= 4 is 11.7 Å². The first-order valence-corrected chi connectivity index (χ1v) is 7.55. The van der Waals surface area contributed by atoms with Gasteiger partial charge in [0.05, 0.1) is 0 Å². The lowest BCUT2D eigenvalue weighted by atomic mass is 10.1. The molecule has 20 heavy (non-hydrogen) atoms. The van der Waals surface area contributed by atoms with Crippen LogP contribution in [0.3, 0.4) is 0 Å². The van der Waals surface area contributed by atoms with E-state index >= 15 is 0 Å². The minimum Gasteiger partial charge on any atom is -0.366 e. The van der Waals surface area contributed by atoms with E-state index < -0.39 is 0 Å². The second-order valence-corrected chi connectivity index (χ2v) is 5.06. The van der Waals surface area contributed by atoms with Gasteiger partial charge in [-0.1, -0.05) is 32.6 Å². The minimum atomic E-state index is -0.181. The SMILES string of the molecule is CCCCCCC(C)Nc1ccc(C(=O)NCC)nn1. The standard InChI is InChI=1S/C15H26N4O/c1-4-6-7-8-9-12(3)17-14-11-10-13(18-19-14)15(20)16-5-2/h10-12H,4-9H2,1-3H3,(H,16,20)(H,17,19). The Hall–Kier alpha value is -1.65. The van der Waals surface area contributed by atoms with E-state index in [1.807, 2.05) is 6.92 Å². The van der Waals surface area contributed by atoms with Crippen molar-refractivity contribution in [3.8, 4) is 0 Å². The normalized spacial score (nSPS) is 11.9. The molecule has 2 N–H and O–H groups in total. The maximum Gasteiger partial charge on any atom is 0.271 e. The molecule has 1 amide bonds. The van der Waals surface area contributed by atoms with Crippen LogP contribution in [0, 0.1) is 0 Å². The van der Waals surface area contributed by atoms with Gasteiger partial charge in [0.25, 0.3) is 5.91 Å². The smallest absolute Gasteiger partial charge is 0.271 e. The fourth-order valence-electron chi connectivity index (χ4n) is 1.98. The molecule has 1 unspecified atom stereocenters. The number of hydrogen-bond acceptors (Lipinski definition) is 4. The van der Waals surface area contributed by atoms with Crippen LogP contribution in [0.4, 0.5) is 5.82 Å². The molecule has 5 heteroatoms. The zero-order valence-corrected chi connectivity index (χ0v) is 12.8. The summed E-state index contributed by atoms with van der Waals surface area (Å²) in [5.41, 5.74) is 0.355. The predicted octanol–water partition coefficient (Wildman–Crippen LogP) is 3.00. The zero-order valence-electron chi connectivity index (χ0n) is 12.8. The molecule has 1 aromatic rings. The van der Waals surface area contributed by atoms with Crippen LogP contribution in [-0.4, -0.2) is 28.7 Å². The van der Waals surface area contributed by atoms with E-state index in [1.165, 1.54) is 25.7 Å². The predicted molar refractivity (Wildman–Crippen MR) is 81.9 cm³/mol. The first kappa shape index (κ1) is 16.4. The first-order chi connectivity index (χ1) is 9.67. The highest BCUT2D eigenvalue weighted by Crippen LogP contribution is 2.10. The number of nitrogens with one attached hydrogen (secondary N) is 2. The van der Waals surface area contributed by atoms with Crippen molar-refractivity contribution in [3.63, 3.8) is 0 Å². The van der Waals surface area contributed by atoms with Crippen LogP contribution in [0.25, 0.3) is 0 Å². The van der Waals surface area contributed by atoms with E-state index in [1.54, 1.807) is 12.1 Å². The molecule has 0 aliphatic rings. The maximum atomic E-state index is 11.5. The number of nitrogens with zero attached hydrogens (tertiary/aromatic N) is 2. The van der Waals surface area contributed by atoms with Crippen LogP contribution >= 0.6 is 0 Å². The highest BCUT2D eigenvalue weighted by molar-refractivity contribution is 5.92. The van der Waals surface area contributed by atoms with E-state index in [4.69, 9.17) is 0 Å². The molecule has 0 aliphatic heterocycles. The Kier molecular flexibility index (Phi) is 7.62. The average Bonchev–Trinajstić information content (AvgIpc) is 2.45. The Balaban J connectivity index is 2.38. The highest BCUT2D eigenvalue weighted by atomic mass is 16.1. The monoisotopic (exact) mass is 278 g/mol. The number of amides is 1. The maximum absolute atomic E-state index is 11.5. The molecule has 1 atom stereocenters. The lowest BCUT2D eigenvalue weighted by Gasteiger charge is -2.13. The molecule has 0 fully saturated rings. The summed E-state index contributed by atoms with van der Waals surface area (Å²) in [6.45, 7) is 6.83. The molecular weight excluding hydrogens is 252 g/mol. The summed E-state index contributed by atoms with van der Waals surface area (Å²) in [5.74, 6) is 0.542. The van der Waals surface area contributed by atoms with Gasteiger partial charge in [-0.15, -0.1) is 10.2 Å². The van der Waals surface area contributed by atoms with Crippen molar-refractivity contribution in [1.82, 2.24) is 15.5 Å². The number of carbonyl (C=O) groups excluding carboxylic acids is 1. The van der Waals surface area contributed by atoms with E-state index in [9.17, 15) is 4.79 Å². The first-order valence-electron chi connectivity index (χ1n) is 7.55. The van der Waals surface area contributed by atoms with Gasteiger partial charge in [0.2, 0.25) is 0 Å². The quantitative estimate of drug-likeness (QED) is 0.681. The van der Waals surface area contributed by atoms with Crippen molar-refractivity contribution in [1.29, 1.82) is 0 Å². The second kappa shape index (κ2) is 9.28. The number of unbranched alkanes of at least 4 members (excludes halogenated alkanes) is 3. The van der Waals surface area contributed by atoms with Crippen molar-refractivity contribution < 1.29 is 4.79 Å². The molecule has 0 radical (unpaired) electrons. The Morgan fingerprint density at radius 2 is 2.00 bits per heavy atom. The summed E-state index contributed by atoms with van der Waals surface area (Å²) >= 11 is 0. The molecule has 5 nitrogen and oxygen atoms in total. The summed E-state index contributed by atoms with van der Waals surface area (Å²) in [6, 6.07) is 3.88. The van der Waals surface area contributed by atoms with Gasteiger partial charge in [0.15, 0.2) is 5.69 Å². The summed E-state index contributed by atoms with van der Waals surface area (Å²) in [7, 11) is 0. The van der Waals surface area contributed by atoms with Crippen molar-refractivity contribution in [3.05, 3.63) is 17.8 Å². The van der Waals surface area contributed by atoms with Crippen LogP contribution in [0.2, 0.25) is 0 Å². The Bertz CT molecular complexity index is 391. The van der Waals surface area contributed by atoms with Gasteiger partial charge >= 0.3 is 0 Å². The van der Waals surface area contributed by atoms with Crippen LogP contribution in [0.1, 0.15) is 63.4 Å². The largest absolute Gasteiger partial charge is 0.366 e. The molecule has 0 aromatic carbocycles. The fraction of sp³-hybridized carbons (Fsp3) is 0.667. The number of anilines is 1. The number of rotatable bonds is 9. The molecule has 0 saturated carbocycles. The van der Waals surface area contributed by atoms with Crippen molar-refractivity contribution in [2.45, 2.75) is 58.9 Å². The zero-order chi connectivity index (χ0) is 14.8. The lowest BCUT2D eigenvalue weighted by molar-refractivity contribution is 0.0950. The van der Waals surface area contributed by atoms with Gasteiger partial charge in [-0.05, 0) is 32.4 Å². The van der Waals surface area contributed by atoms with Crippen LogP contribution in [0.5, 0.6) is 0 Å². The second-order valence-electron chi connectivity index (χ2n) is 5.06. The molecule has 1 rings (SSSR count). The Labute approximate surface area is 121 Å². The molecule has 1 heterocycles. The molecule has 0 aliphatic carbocycles. The van der Waals surface area contributed by atoms with Crippen LogP contribution in [-0.2, 0) is 0 Å². The highest BCUT2D eigenvalue weighted by Gasteiger charge is 2.08. The van der Waals surface area contributed by atoms with Gasteiger partial charge in [0.1, 0.15) is 5.82 Å². The van der Waals surface area contributed by atoms with Crippen molar-refractivity contribution in [2.75, 3.05) is 11.9 Å². The van der Waals surface area contributed by atoms with E-state index in [0.29, 0.717) is 18.3 Å². The van der Waals surface area contributed by atoms with Crippen LogP contribution < -0.4 is 10.6 Å². The summed E-state index contributed by atoms with van der Waals surface area (Å²) in [4.78, 5) is 11.5. The van der Waals surface area contributed by atoms with Gasteiger partial charge in [-0.25, -0.2) is 0 Å². The number of hydrogen-bond donors (Lipinski definition) is 2. The van der Waals surface area contributed by atoms with Crippen LogP contribution in [0.15, 0.2) is 12.1 Å². The van der Waals surface area contributed by atoms with Gasteiger partial charge in [-0.2, -0.15) is 0 Å². The third kappa shape index (κ3) is 5.99. The third-order valence-electron chi connectivity index (χ3n) is 3.12.